The number of hydrogen-bond acceptors (Lipinski definition) is 2. The summed E-state index contributed by atoms with van der Waals surface area (Å²) in [6.45, 7) is 6.60. The summed E-state index contributed by atoms with van der Waals surface area (Å²) >= 11 is 5.75. The highest BCUT2D eigenvalue weighted by Gasteiger charge is 2.17. The molecule has 1 unspecified atom stereocenters. The van der Waals surface area contributed by atoms with Gasteiger partial charge in [0, 0.05) is 31.7 Å². The molecule has 0 saturated heterocycles. The fraction of sp³-hybridized carbons (Fsp3) is 0.833. The topological polar surface area (TPSA) is 6.48 Å². The van der Waals surface area contributed by atoms with Crippen LogP contribution in [0.15, 0.2) is 11.8 Å². The Bertz CT molecular complexity index is 190. The summed E-state index contributed by atoms with van der Waals surface area (Å²) in [6.07, 6.45) is 5.68. The molecule has 2 nitrogen and oxygen atoms in total. The minimum Gasteiger partial charge on any atom is -0.308 e. The van der Waals surface area contributed by atoms with E-state index in [0.29, 0.717) is 11.9 Å². The molecule has 3 heteroatoms. The molecule has 0 aromatic heterocycles. The maximum absolute atomic E-state index is 5.75. The molecule has 0 aliphatic heterocycles. The Balaban J connectivity index is 4.68. The average molecular weight is 233 g/mol. The molecule has 1 atom stereocenters. The Morgan fingerprint density at radius 2 is 1.93 bits per heavy atom. The number of nitrogens with zero attached hydrogens (tertiary/aromatic N) is 2. The molecule has 0 aliphatic carbocycles. The maximum Gasteiger partial charge on any atom is 0.0450 e. The molecule has 0 aliphatic rings. The van der Waals surface area contributed by atoms with Crippen LogP contribution in [0, 0.1) is 0 Å². The first-order valence-electron chi connectivity index (χ1n) is 5.77. The minimum atomic E-state index is 0.582. The molecule has 15 heavy (non-hydrogen) atoms. The van der Waals surface area contributed by atoms with E-state index in [2.05, 4.69) is 51.0 Å². The number of hydrazine groups is 1. The lowest BCUT2D eigenvalue weighted by Gasteiger charge is -2.38. The van der Waals surface area contributed by atoms with Crippen LogP contribution in [-0.2, 0) is 0 Å². The van der Waals surface area contributed by atoms with Gasteiger partial charge < -0.3 is 5.01 Å². The zero-order valence-electron chi connectivity index (χ0n) is 10.8. The third kappa shape index (κ3) is 4.89. The van der Waals surface area contributed by atoms with Crippen LogP contribution >= 0.6 is 11.6 Å². The van der Waals surface area contributed by atoms with Crippen molar-refractivity contribution < 1.29 is 0 Å². The van der Waals surface area contributed by atoms with Crippen molar-refractivity contribution in [3.63, 3.8) is 0 Å². The van der Waals surface area contributed by atoms with E-state index in [1.54, 1.807) is 0 Å². The molecular formula is C12H25ClN2. The van der Waals surface area contributed by atoms with Gasteiger partial charge >= 0.3 is 0 Å². The fourth-order valence-corrected chi connectivity index (χ4v) is 2.19. The summed E-state index contributed by atoms with van der Waals surface area (Å²) in [7, 11) is 4.17. The number of allylic oxidation sites excluding steroid dienone is 2. The second-order valence-electron chi connectivity index (χ2n) is 4.04. The molecule has 0 saturated carbocycles. The van der Waals surface area contributed by atoms with Gasteiger partial charge in [-0.05, 0) is 25.8 Å². The van der Waals surface area contributed by atoms with Gasteiger partial charge in [-0.1, -0.05) is 20.3 Å². The molecular weight excluding hydrogens is 208 g/mol. The summed E-state index contributed by atoms with van der Waals surface area (Å²) in [5, 5.41) is 4.49. The largest absolute Gasteiger partial charge is 0.308 e. The van der Waals surface area contributed by atoms with E-state index in [1.807, 2.05) is 0 Å². The predicted octanol–water partition coefficient (Wildman–Crippen LogP) is 3.49. The quantitative estimate of drug-likeness (QED) is 0.490. The summed E-state index contributed by atoms with van der Waals surface area (Å²) in [4.78, 5) is 0. The second-order valence-corrected chi connectivity index (χ2v) is 4.35. The highest BCUT2D eigenvalue weighted by molar-refractivity contribution is 6.18. The van der Waals surface area contributed by atoms with Crippen LogP contribution in [-0.4, -0.2) is 36.0 Å². The van der Waals surface area contributed by atoms with Crippen LogP contribution in [0.4, 0.5) is 0 Å². The Morgan fingerprint density at radius 1 is 1.33 bits per heavy atom. The molecule has 0 rings (SSSR count). The second kappa shape index (κ2) is 8.00. The van der Waals surface area contributed by atoms with Crippen LogP contribution in [0.5, 0.6) is 0 Å². The number of alkyl halides is 1. The fourth-order valence-electron chi connectivity index (χ4n) is 1.97. The van der Waals surface area contributed by atoms with E-state index in [4.69, 9.17) is 11.6 Å². The summed E-state index contributed by atoms with van der Waals surface area (Å²) in [6, 6.07) is 0.587. The monoisotopic (exact) mass is 232 g/mol. The lowest BCUT2D eigenvalue weighted by atomic mass is 10.1. The molecule has 0 bridgehead atoms. The van der Waals surface area contributed by atoms with Gasteiger partial charge in [0.2, 0.25) is 0 Å². The highest BCUT2D eigenvalue weighted by atomic mass is 35.5. The number of halogens is 1. The average Bonchev–Trinajstić information content (AvgIpc) is 2.16. The van der Waals surface area contributed by atoms with Crippen molar-refractivity contribution in [2.24, 2.45) is 0 Å². The van der Waals surface area contributed by atoms with Gasteiger partial charge in [-0.3, -0.25) is 0 Å². The lowest BCUT2D eigenvalue weighted by molar-refractivity contribution is 0.0139. The van der Waals surface area contributed by atoms with Gasteiger partial charge in [0.15, 0.2) is 0 Å². The third-order valence-corrected chi connectivity index (χ3v) is 2.76. The SMILES string of the molecule is CCCC(CC)N(/C(C)=C\CCl)N(C)C. The van der Waals surface area contributed by atoms with E-state index in [0.717, 1.165) is 0 Å². The first kappa shape index (κ1) is 14.8. The van der Waals surface area contributed by atoms with Crippen LogP contribution in [0.25, 0.3) is 0 Å². The molecule has 0 fully saturated rings. The van der Waals surface area contributed by atoms with E-state index in [-0.39, 0.29) is 0 Å². The molecule has 0 spiro atoms. The van der Waals surface area contributed by atoms with Crippen LogP contribution < -0.4 is 0 Å². The smallest absolute Gasteiger partial charge is 0.0450 e. The third-order valence-electron chi connectivity index (χ3n) is 2.60. The van der Waals surface area contributed by atoms with Crippen molar-refractivity contribution in [1.29, 1.82) is 0 Å². The molecule has 0 aromatic rings. The molecule has 0 radical (unpaired) electrons. The van der Waals surface area contributed by atoms with Crippen molar-refractivity contribution in [2.75, 3.05) is 20.0 Å². The zero-order chi connectivity index (χ0) is 11.8. The Morgan fingerprint density at radius 3 is 2.27 bits per heavy atom. The van der Waals surface area contributed by atoms with Crippen molar-refractivity contribution in [3.05, 3.63) is 11.8 Å². The Kier molecular flexibility index (Phi) is 7.89. The van der Waals surface area contributed by atoms with E-state index >= 15 is 0 Å². The van der Waals surface area contributed by atoms with Crippen LogP contribution in [0.1, 0.15) is 40.0 Å². The van der Waals surface area contributed by atoms with Crippen LogP contribution in [0.2, 0.25) is 0 Å². The molecule has 0 aromatic carbocycles. The van der Waals surface area contributed by atoms with E-state index < -0.39 is 0 Å². The van der Waals surface area contributed by atoms with Crippen molar-refractivity contribution in [2.45, 2.75) is 46.1 Å². The van der Waals surface area contributed by atoms with Gasteiger partial charge in [-0.2, -0.15) is 0 Å². The first-order chi connectivity index (χ1) is 7.08. The van der Waals surface area contributed by atoms with Crippen molar-refractivity contribution >= 4 is 11.6 Å². The number of hydrogen-bond donors (Lipinski definition) is 0. The summed E-state index contributed by atoms with van der Waals surface area (Å²) in [5.41, 5.74) is 1.25. The molecule has 0 N–H and O–H groups in total. The van der Waals surface area contributed by atoms with Crippen LogP contribution in [0.3, 0.4) is 0 Å². The number of rotatable bonds is 7. The highest BCUT2D eigenvalue weighted by Crippen LogP contribution is 2.17. The molecule has 90 valence electrons. The summed E-state index contributed by atoms with van der Waals surface area (Å²) < 4.78 is 0. The van der Waals surface area contributed by atoms with Crippen molar-refractivity contribution in [3.8, 4) is 0 Å². The lowest BCUT2D eigenvalue weighted by Crippen LogP contribution is -2.43. The van der Waals surface area contributed by atoms with E-state index in [1.165, 1.54) is 25.0 Å². The Labute approximate surface area is 99.9 Å². The van der Waals surface area contributed by atoms with Gasteiger partial charge in [0.25, 0.3) is 0 Å². The van der Waals surface area contributed by atoms with Gasteiger partial charge in [-0.15, -0.1) is 11.6 Å². The van der Waals surface area contributed by atoms with Crippen molar-refractivity contribution in [1.82, 2.24) is 10.0 Å². The van der Waals surface area contributed by atoms with Gasteiger partial charge in [0.05, 0.1) is 0 Å². The Hall–Kier alpha value is -0.210. The normalized spacial score (nSPS) is 14.5. The van der Waals surface area contributed by atoms with Gasteiger partial charge in [-0.25, -0.2) is 5.01 Å². The summed E-state index contributed by atoms with van der Waals surface area (Å²) in [5.74, 6) is 0.582. The van der Waals surface area contributed by atoms with E-state index in [9.17, 15) is 0 Å². The van der Waals surface area contributed by atoms with Gasteiger partial charge in [0.1, 0.15) is 0 Å². The maximum atomic E-state index is 5.75. The standard InChI is InChI=1S/C12H25ClN2/c1-6-8-12(7-2)15(14(4)5)11(3)9-10-13/h9,12H,6-8,10H2,1-5H3/b11-9-. The zero-order valence-corrected chi connectivity index (χ0v) is 11.5. The molecule has 0 heterocycles. The first-order valence-corrected chi connectivity index (χ1v) is 6.31. The molecule has 0 amide bonds. The predicted molar refractivity (Wildman–Crippen MR) is 69.0 cm³/mol. The minimum absolute atomic E-state index is 0.582.